The van der Waals surface area contributed by atoms with E-state index >= 15 is 0 Å². The highest BCUT2D eigenvalue weighted by molar-refractivity contribution is 6.14. The van der Waals surface area contributed by atoms with Gasteiger partial charge in [-0.2, -0.15) is 0 Å². The molecule has 2 aliphatic heterocycles. The molecule has 2 aliphatic rings. The third-order valence-electron chi connectivity index (χ3n) is 6.57. The number of halogens is 1. The first kappa shape index (κ1) is 21.1. The van der Waals surface area contributed by atoms with E-state index in [9.17, 15) is 14.0 Å². The van der Waals surface area contributed by atoms with Gasteiger partial charge in [0.15, 0.2) is 0 Å². The highest BCUT2D eigenvalue weighted by atomic mass is 19.1. The number of nitrogens with one attached hydrogen (secondary N) is 1. The molecule has 1 saturated heterocycles. The lowest BCUT2D eigenvalue weighted by Gasteiger charge is -2.45. The van der Waals surface area contributed by atoms with Crippen molar-refractivity contribution in [2.75, 3.05) is 11.9 Å². The molecule has 1 fully saturated rings. The van der Waals surface area contributed by atoms with E-state index in [2.05, 4.69) is 50.2 Å². The highest BCUT2D eigenvalue weighted by Crippen LogP contribution is 2.43. The van der Waals surface area contributed by atoms with Gasteiger partial charge < -0.3 is 10.2 Å². The summed E-state index contributed by atoms with van der Waals surface area (Å²) < 4.78 is 14.0. The van der Waals surface area contributed by atoms with Crippen LogP contribution < -0.4 is 10.2 Å². The summed E-state index contributed by atoms with van der Waals surface area (Å²) in [6, 6.07) is 9.89. The topological polar surface area (TPSA) is 52.7 Å². The first-order valence-corrected chi connectivity index (χ1v) is 10.5. The minimum atomic E-state index is -0.537. The lowest BCUT2D eigenvalue weighted by Crippen LogP contribution is -2.45. The van der Waals surface area contributed by atoms with Crippen LogP contribution >= 0.6 is 0 Å². The van der Waals surface area contributed by atoms with Gasteiger partial charge >= 0.3 is 6.03 Å². The molecule has 0 spiro atoms. The van der Waals surface area contributed by atoms with Crippen LogP contribution in [-0.2, 0) is 11.3 Å². The lowest BCUT2D eigenvalue weighted by molar-refractivity contribution is -0.123. The molecule has 1 N–H and O–H groups in total. The van der Waals surface area contributed by atoms with E-state index < -0.39 is 17.8 Å². The number of urea groups is 1. The van der Waals surface area contributed by atoms with Crippen molar-refractivity contribution in [3.05, 3.63) is 70.2 Å². The fourth-order valence-corrected chi connectivity index (χ4v) is 4.56. The van der Waals surface area contributed by atoms with Gasteiger partial charge in [-0.15, -0.1) is 0 Å². The fourth-order valence-electron chi connectivity index (χ4n) is 4.56. The molecule has 162 valence electrons. The van der Waals surface area contributed by atoms with Crippen LogP contribution in [0.5, 0.6) is 0 Å². The summed E-state index contributed by atoms with van der Waals surface area (Å²) in [4.78, 5) is 28.6. The van der Waals surface area contributed by atoms with E-state index in [0.29, 0.717) is 11.5 Å². The number of imide groups is 1. The number of anilines is 1. The van der Waals surface area contributed by atoms with Crippen molar-refractivity contribution in [1.82, 2.24) is 10.2 Å². The van der Waals surface area contributed by atoms with Crippen LogP contribution in [0.2, 0.25) is 0 Å². The monoisotopic (exact) mass is 421 g/mol. The molecule has 4 rings (SSSR count). The van der Waals surface area contributed by atoms with Crippen LogP contribution in [0.4, 0.5) is 14.9 Å². The van der Waals surface area contributed by atoms with Crippen molar-refractivity contribution in [3.63, 3.8) is 0 Å². The second-order valence-electron chi connectivity index (χ2n) is 9.22. The maximum Gasteiger partial charge on any atom is 0.329 e. The number of hydrogen-bond acceptors (Lipinski definition) is 3. The number of fused-ring (bicyclic) bond motifs is 1. The molecule has 3 amide bonds. The zero-order chi connectivity index (χ0) is 22.5. The molecule has 2 aromatic carbocycles. The average Bonchev–Trinajstić information content (AvgIpc) is 2.96. The van der Waals surface area contributed by atoms with E-state index in [1.165, 1.54) is 17.3 Å². The Hall–Kier alpha value is -3.15. The van der Waals surface area contributed by atoms with Gasteiger partial charge in [0.05, 0.1) is 6.54 Å². The maximum atomic E-state index is 14.0. The molecule has 1 unspecified atom stereocenters. The van der Waals surface area contributed by atoms with Gasteiger partial charge in [0, 0.05) is 23.8 Å². The van der Waals surface area contributed by atoms with E-state index in [-0.39, 0.29) is 17.8 Å². The van der Waals surface area contributed by atoms with Gasteiger partial charge in [-0.25, -0.2) is 9.18 Å². The number of rotatable bonds is 3. The smallest absolute Gasteiger partial charge is 0.329 e. The Bertz CT molecular complexity index is 1110. The maximum absolute atomic E-state index is 14.0. The number of hydrogen-bond donors (Lipinski definition) is 1. The third-order valence-corrected chi connectivity index (χ3v) is 6.57. The van der Waals surface area contributed by atoms with Gasteiger partial charge in [-0.05, 0) is 74.1 Å². The average molecular weight is 422 g/mol. The Balaban J connectivity index is 1.65. The number of carbonyl (C=O) groups excluding carboxylic acids is 2. The minimum Gasteiger partial charge on any atom is -0.369 e. The quantitative estimate of drug-likeness (QED) is 0.564. The van der Waals surface area contributed by atoms with E-state index in [4.69, 9.17) is 0 Å². The highest BCUT2D eigenvalue weighted by Gasteiger charge is 2.36. The Labute approximate surface area is 182 Å². The first-order valence-electron chi connectivity index (χ1n) is 10.5. The summed E-state index contributed by atoms with van der Waals surface area (Å²) in [6.45, 7) is 8.61. The summed E-state index contributed by atoms with van der Waals surface area (Å²) in [5.41, 5.74) is 4.94. The number of benzene rings is 2. The molecule has 0 aromatic heterocycles. The Kier molecular flexibility index (Phi) is 5.12. The second kappa shape index (κ2) is 7.52. The molecule has 0 aliphatic carbocycles. The Morgan fingerprint density at radius 2 is 1.94 bits per heavy atom. The van der Waals surface area contributed by atoms with Gasteiger partial charge in [0.2, 0.25) is 0 Å². The van der Waals surface area contributed by atoms with Crippen molar-refractivity contribution >= 4 is 23.7 Å². The molecular weight excluding hydrogens is 393 g/mol. The minimum absolute atomic E-state index is 0.0709. The third kappa shape index (κ3) is 3.71. The standard InChI is InChI=1S/C25H28FN3O2/c1-15-10-22-19(16(2)13-25(3,4)28(22)5)11-18(15)12-21-23(30)29(24(31)27-21)14-17-8-6-7-9-20(17)26/h6-12,16H,13-14H2,1-5H3,(H,27,31)/b21-12+. The molecule has 0 radical (unpaired) electrons. The predicted octanol–water partition coefficient (Wildman–Crippen LogP) is 4.95. The van der Waals surface area contributed by atoms with Crippen LogP contribution in [0.3, 0.4) is 0 Å². The van der Waals surface area contributed by atoms with Crippen molar-refractivity contribution in [2.24, 2.45) is 0 Å². The van der Waals surface area contributed by atoms with Gasteiger partial charge in [0.1, 0.15) is 11.5 Å². The van der Waals surface area contributed by atoms with Crippen LogP contribution in [0, 0.1) is 12.7 Å². The summed E-state index contributed by atoms with van der Waals surface area (Å²) in [6.07, 6.45) is 2.76. The molecule has 31 heavy (non-hydrogen) atoms. The molecular formula is C25H28FN3O2. The van der Waals surface area contributed by atoms with Crippen molar-refractivity contribution in [3.8, 4) is 0 Å². The van der Waals surface area contributed by atoms with Crippen LogP contribution in [0.1, 0.15) is 55.4 Å². The number of nitrogens with zero attached hydrogens (tertiary/aromatic N) is 2. The van der Waals surface area contributed by atoms with Gasteiger partial charge in [-0.1, -0.05) is 25.1 Å². The molecule has 5 nitrogen and oxygen atoms in total. The largest absolute Gasteiger partial charge is 0.369 e. The number of carbonyl (C=O) groups is 2. The van der Waals surface area contributed by atoms with Crippen LogP contribution in [0.15, 0.2) is 42.1 Å². The Morgan fingerprint density at radius 1 is 1.23 bits per heavy atom. The van der Waals surface area contributed by atoms with Crippen LogP contribution in [0.25, 0.3) is 6.08 Å². The summed E-state index contributed by atoms with van der Waals surface area (Å²) in [5.74, 6) is -0.505. The van der Waals surface area contributed by atoms with Gasteiger partial charge in [-0.3, -0.25) is 9.69 Å². The zero-order valence-electron chi connectivity index (χ0n) is 18.6. The molecule has 0 bridgehead atoms. The zero-order valence-corrected chi connectivity index (χ0v) is 18.6. The summed E-state index contributed by atoms with van der Waals surface area (Å²) in [7, 11) is 2.11. The predicted molar refractivity (Wildman–Crippen MR) is 120 cm³/mol. The van der Waals surface area contributed by atoms with Crippen molar-refractivity contribution < 1.29 is 14.0 Å². The summed E-state index contributed by atoms with van der Waals surface area (Å²) >= 11 is 0. The van der Waals surface area contributed by atoms with E-state index in [0.717, 1.165) is 22.4 Å². The fraction of sp³-hybridized carbons (Fsp3) is 0.360. The van der Waals surface area contributed by atoms with Crippen molar-refractivity contribution in [2.45, 2.75) is 52.1 Å². The van der Waals surface area contributed by atoms with Crippen LogP contribution in [-0.4, -0.2) is 29.4 Å². The van der Waals surface area contributed by atoms with E-state index in [1.807, 2.05) is 6.92 Å². The summed E-state index contributed by atoms with van der Waals surface area (Å²) in [5, 5.41) is 2.65. The van der Waals surface area contributed by atoms with Crippen molar-refractivity contribution in [1.29, 1.82) is 0 Å². The second-order valence-corrected chi connectivity index (χ2v) is 9.22. The molecule has 0 saturated carbocycles. The molecule has 1 atom stereocenters. The van der Waals surface area contributed by atoms with E-state index in [1.54, 1.807) is 24.3 Å². The molecule has 2 aromatic rings. The Morgan fingerprint density at radius 3 is 2.65 bits per heavy atom. The number of amides is 3. The molecule has 2 heterocycles. The van der Waals surface area contributed by atoms with Gasteiger partial charge in [0.25, 0.3) is 5.91 Å². The lowest BCUT2D eigenvalue weighted by atomic mass is 9.79. The molecule has 6 heteroatoms. The SMILES string of the molecule is Cc1cc2c(cc1/C=C1/NC(=O)N(Cc3ccccc3F)C1=O)C(C)CC(C)(C)N2C. The number of aryl methyl sites for hydroxylation is 1. The first-order chi connectivity index (χ1) is 14.6. The normalized spacial score (nSPS) is 21.5.